The van der Waals surface area contributed by atoms with Crippen molar-refractivity contribution >= 4 is 0 Å². The van der Waals surface area contributed by atoms with Crippen molar-refractivity contribution in [1.82, 2.24) is 4.57 Å². The van der Waals surface area contributed by atoms with E-state index in [1.165, 1.54) is 127 Å². The van der Waals surface area contributed by atoms with Crippen LogP contribution in [0.1, 0.15) is 129 Å². The van der Waals surface area contributed by atoms with Gasteiger partial charge in [0.15, 0.2) is 0 Å². The molecule has 1 aromatic heterocycles. The largest absolute Gasteiger partial charge is 0.261 e. The van der Waals surface area contributed by atoms with Gasteiger partial charge in [-0.15, -0.1) is 0 Å². The minimum Gasteiger partial charge on any atom is -0.234 e. The van der Waals surface area contributed by atoms with Crippen molar-refractivity contribution in [2.45, 2.75) is 136 Å². The Morgan fingerprint density at radius 2 is 1.09 bits per heavy atom. The summed E-state index contributed by atoms with van der Waals surface area (Å²) in [5.74, 6) is 1.47. The Labute approximate surface area is 199 Å². The number of benzene rings is 1. The van der Waals surface area contributed by atoms with Gasteiger partial charge in [0, 0.05) is 6.42 Å². The summed E-state index contributed by atoms with van der Waals surface area (Å²) in [5, 5.41) is 0. The van der Waals surface area contributed by atoms with Crippen molar-refractivity contribution in [2.24, 2.45) is 0 Å². The number of para-hydroxylation sites is 1. The van der Waals surface area contributed by atoms with Crippen molar-refractivity contribution in [1.29, 1.82) is 0 Å². The molecule has 2 heteroatoms. The Hall–Kier alpha value is -1.57. The van der Waals surface area contributed by atoms with Crippen LogP contribution >= 0.6 is 0 Å². The van der Waals surface area contributed by atoms with Crippen LogP contribution in [0.2, 0.25) is 0 Å². The normalized spacial score (nSPS) is 11.3. The highest BCUT2D eigenvalue weighted by molar-refractivity contribution is 5.31. The van der Waals surface area contributed by atoms with E-state index in [1.807, 2.05) is 0 Å². The maximum atomic E-state index is 2.49. The average molecular weight is 440 g/mol. The molecule has 0 aliphatic rings. The second kappa shape index (κ2) is 17.9. The quantitative estimate of drug-likeness (QED) is 0.144. The zero-order chi connectivity index (χ0) is 22.7. The summed E-state index contributed by atoms with van der Waals surface area (Å²) < 4.78 is 4.89. The molecule has 2 rings (SSSR count). The van der Waals surface area contributed by atoms with Crippen molar-refractivity contribution in [3.8, 4) is 5.69 Å². The Morgan fingerprint density at radius 1 is 0.594 bits per heavy atom. The van der Waals surface area contributed by atoms with Crippen LogP contribution < -0.4 is 4.57 Å². The number of nitrogens with zero attached hydrogens (tertiary/aromatic N) is 2. The van der Waals surface area contributed by atoms with Crippen LogP contribution in [-0.2, 0) is 13.0 Å². The van der Waals surface area contributed by atoms with E-state index >= 15 is 0 Å². The predicted molar refractivity (Wildman–Crippen MR) is 140 cm³/mol. The van der Waals surface area contributed by atoms with Gasteiger partial charge in [0.05, 0.1) is 6.54 Å². The molecule has 0 unspecified atom stereocenters. The first-order valence-electron chi connectivity index (χ1n) is 14.0. The smallest absolute Gasteiger partial charge is 0.234 e. The SMILES string of the molecule is CCCCCCCCCCCCCCCCCc1n(-c2ccccc2)cc[n+]1CCCC. The highest BCUT2D eigenvalue weighted by atomic mass is 15.1. The molecule has 32 heavy (non-hydrogen) atoms. The van der Waals surface area contributed by atoms with Gasteiger partial charge in [-0.2, -0.15) is 4.57 Å². The van der Waals surface area contributed by atoms with Gasteiger partial charge in [-0.05, 0) is 25.0 Å². The molecule has 0 amide bonds. The van der Waals surface area contributed by atoms with Gasteiger partial charge in [-0.25, -0.2) is 4.57 Å². The van der Waals surface area contributed by atoms with Crippen LogP contribution in [0.5, 0.6) is 0 Å². The lowest BCUT2D eigenvalue weighted by Gasteiger charge is -2.06. The summed E-state index contributed by atoms with van der Waals surface area (Å²) in [6.07, 6.45) is 29.6. The average Bonchev–Trinajstić information content (AvgIpc) is 3.23. The zero-order valence-electron chi connectivity index (χ0n) is 21.4. The molecule has 1 heterocycles. The number of aryl methyl sites for hydroxylation is 1. The van der Waals surface area contributed by atoms with E-state index in [4.69, 9.17) is 0 Å². The van der Waals surface area contributed by atoms with Gasteiger partial charge in [-0.3, -0.25) is 0 Å². The Morgan fingerprint density at radius 3 is 1.62 bits per heavy atom. The lowest BCUT2D eigenvalue weighted by atomic mass is 10.0. The third kappa shape index (κ3) is 10.8. The van der Waals surface area contributed by atoms with Gasteiger partial charge in [-0.1, -0.05) is 128 Å². The van der Waals surface area contributed by atoms with Crippen LogP contribution in [0.25, 0.3) is 5.69 Å². The summed E-state index contributed by atoms with van der Waals surface area (Å²) >= 11 is 0. The maximum Gasteiger partial charge on any atom is 0.261 e. The second-order valence-electron chi connectivity index (χ2n) is 9.67. The lowest BCUT2D eigenvalue weighted by Crippen LogP contribution is -2.37. The molecule has 2 aromatic rings. The standard InChI is InChI=1S/C30H51N2/c1-3-5-7-8-9-10-11-12-13-14-15-16-17-18-22-25-30-31(26-6-4-2)27-28-32(30)29-23-20-19-21-24-29/h19-21,23-24,27-28H,3-18,22,25-26H2,1-2H3/q+1. The highest BCUT2D eigenvalue weighted by Gasteiger charge is 2.17. The first-order valence-corrected chi connectivity index (χ1v) is 14.0. The number of rotatable bonds is 20. The Kier molecular flexibility index (Phi) is 14.9. The molecule has 0 radical (unpaired) electrons. The number of unbranched alkanes of at least 4 members (excludes halogenated alkanes) is 15. The maximum absolute atomic E-state index is 2.49. The van der Waals surface area contributed by atoms with Crippen LogP contribution in [0, 0.1) is 0 Å². The topological polar surface area (TPSA) is 8.81 Å². The van der Waals surface area contributed by atoms with E-state index in [2.05, 4.69) is 65.7 Å². The zero-order valence-corrected chi connectivity index (χ0v) is 21.4. The number of aromatic nitrogens is 2. The minimum atomic E-state index is 1.14. The van der Waals surface area contributed by atoms with Crippen LogP contribution in [0.3, 0.4) is 0 Å². The molecule has 1 aromatic carbocycles. The monoisotopic (exact) mass is 439 g/mol. The van der Waals surface area contributed by atoms with Crippen molar-refractivity contribution in [3.05, 3.63) is 48.5 Å². The number of imidazole rings is 1. The summed E-state index contributed by atoms with van der Waals surface area (Å²) in [4.78, 5) is 0. The fourth-order valence-electron chi connectivity index (χ4n) is 4.73. The van der Waals surface area contributed by atoms with E-state index in [0.717, 1.165) is 6.54 Å². The third-order valence-corrected chi connectivity index (χ3v) is 6.80. The molecule has 0 bridgehead atoms. The van der Waals surface area contributed by atoms with E-state index in [9.17, 15) is 0 Å². The first-order chi connectivity index (χ1) is 15.9. The first kappa shape index (κ1) is 26.7. The fourth-order valence-corrected chi connectivity index (χ4v) is 4.73. The molecule has 0 spiro atoms. The molecule has 2 nitrogen and oxygen atoms in total. The molecule has 0 saturated heterocycles. The summed E-state index contributed by atoms with van der Waals surface area (Å²) in [7, 11) is 0. The van der Waals surface area contributed by atoms with Crippen LogP contribution in [0.15, 0.2) is 42.7 Å². The highest BCUT2D eigenvalue weighted by Crippen LogP contribution is 2.15. The summed E-state index contributed by atoms with van der Waals surface area (Å²) in [6.45, 7) is 5.72. The number of hydrogen-bond acceptors (Lipinski definition) is 0. The second-order valence-corrected chi connectivity index (χ2v) is 9.67. The Balaban J connectivity index is 1.56. The van der Waals surface area contributed by atoms with Crippen molar-refractivity contribution in [2.75, 3.05) is 0 Å². The fraction of sp³-hybridized carbons (Fsp3) is 0.700. The summed E-state index contributed by atoms with van der Waals surface area (Å²) in [6, 6.07) is 10.8. The van der Waals surface area contributed by atoms with Crippen LogP contribution in [-0.4, -0.2) is 4.57 Å². The Bertz CT molecular complexity index is 673. The lowest BCUT2D eigenvalue weighted by molar-refractivity contribution is -0.703. The van der Waals surface area contributed by atoms with E-state index in [-0.39, 0.29) is 0 Å². The van der Waals surface area contributed by atoms with Gasteiger partial charge in [0.25, 0.3) is 5.82 Å². The van der Waals surface area contributed by atoms with Gasteiger partial charge < -0.3 is 0 Å². The van der Waals surface area contributed by atoms with E-state index in [1.54, 1.807) is 0 Å². The van der Waals surface area contributed by atoms with Crippen LogP contribution in [0.4, 0.5) is 0 Å². The van der Waals surface area contributed by atoms with Crippen molar-refractivity contribution < 1.29 is 4.57 Å². The van der Waals surface area contributed by atoms with E-state index < -0.39 is 0 Å². The molecule has 0 saturated carbocycles. The minimum absolute atomic E-state index is 1.14. The molecule has 180 valence electrons. The van der Waals surface area contributed by atoms with E-state index in [0.29, 0.717) is 0 Å². The molecular formula is C30H51N2+. The molecule has 0 aliphatic heterocycles. The molecular weight excluding hydrogens is 388 g/mol. The molecule has 0 N–H and O–H groups in total. The molecule has 0 atom stereocenters. The summed E-state index contributed by atoms with van der Waals surface area (Å²) in [5.41, 5.74) is 1.29. The van der Waals surface area contributed by atoms with Gasteiger partial charge in [0.2, 0.25) is 0 Å². The molecule has 0 aliphatic carbocycles. The predicted octanol–water partition coefficient (Wildman–Crippen LogP) is 8.98. The van der Waals surface area contributed by atoms with Crippen molar-refractivity contribution in [3.63, 3.8) is 0 Å². The van der Waals surface area contributed by atoms with Gasteiger partial charge >= 0.3 is 0 Å². The van der Waals surface area contributed by atoms with Gasteiger partial charge in [0.1, 0.15) is 18.1 Å². The third-order valence-electron chi connectivity index (χ3n) is 6.80. The number of hydrogen-bond donors (Lipinski definition) is 0. The molecule has 0 fully saturated rings.